The Kier molecular flexibility index (Phi) is 3.82. The van der Waals surface area contributed by atoms with Gasteiger partial charge in [0.05, 0.1) is 0 Å². The average Bonchev–Trinajstić information content (AvgIpc) is 2.74. The lowest BCUT2D eigenvalue weighted by Gasteiger charge is -2.33. The monoisotopic (exact) mass is 315 g/mol. The highest BCUT2D eigenvalue weighted by Crippen LogP contribution is 2.41. The van der Waals surface area contributed by atoms with Crippen molar-refractivity contribution in [2.24, 2.45) is 0 Å². The van der Waals surface area contributed by atoms with Gasteiger partial charge < -0.3 is 10.0 Å². The van der Waals surface area contributed by atoms with Crippen molar-refractivity contribution >= 4 is 11.6 Å². The first-order valence-corrected chi connectivity index (χ1v) is 6.42. The Hall–Kier alpha value is -2.22. The summed E-state index contributed by atoms with van der Waals surface area (Å²) in [4.78, 5) is 14.1. The van der Waals surface area contributed by atoms with E-state index in [1.54, 1.807) is 31.1 Å². The molecule has 1 saturated heterocycles. The van der Waals surface area contributed by atoms with E-state index < -0.39 is 24.2 Å². The van der Waals surface area contributed by atoms with Crippen LogP contribution in [0.1, 0.15) is 16.8 Å². The number of alkyl halides is 3. The second-order valence-electron chi connectivity index (χ2n) is 5.29. The maximum Gasteiger partial charge on any atom is 0.438 e. The Labute approximate surface area is 125 Å². The molecular weight excluding hydrogens is 299 g/mol. The fourth-order valence-corrected chi connectivity index (χ4v) is 2.16. The summed E-state index contributed by atoms with van der Waals surface area (Å²) < 4.78 is 39.4. The lowest BCUT2D eigenvalue weighted by molar-refractivity contribution is -0.299. The van der Waals surface area contributed by atoms with E-state index in [2.05, 4.69) is 12.0 Å². The van der Waals surface area contributed by atoms with Crippen LogP contribution in [0.15, 0.2) is 36.5 Å². The van der Waals surface area contributed by atoms with Gasteiger partial charge in [-0.25, -0.2) is 5.01 Å². The normalized spacial score (nSPS) is 21.7. The van der Waals surface area contributed by atoms with E-state index in [1.807, 2.05) is 0 Å². The maximum atomic E-state index is 13.1. The number of anilines is 1. The summed E-state index contributed by atoms with van der Waals surface area (Å²) in [6, 6.07) is 6.10. The number of carbonyl (C=O) groups is 1. The first-order chi connectivity index (χ1) is 10.1. The van der Waals surface area contributed by atoms with Gasteiger partial charge >= 0.3 is 6.18 Å². The highest BCUT2D eigenvalue weighted by Gasteiger charge is 2.63. The van der Waals surface area contributed by atoms with Crippen LogP contribution >= 0.6 is 0 Å². The van der Waals surface area contributed by atoms with Crippen molar-refractivity contribution in [3.63, 3.8) is 0 Å². The number of hydrogen-bond donors (Lipinski definition) is 2. The summed E-state index contributed by atoms with van der Waals surface area (Å²) >= 11 is 0. The van der Waals surface area contributed by atoms with Crippen LogP contribution < -0.4 is 10.3 Å². The number of aliphatic hydroxyl groups is 1. The van der Waals surface area contributed by atoms with Gasteiger partial charge in [0.2, 0.25) is 0 Å². The largest absolute Gasteiger partial charge is 0.438 e. The van der Waals surface area contributed by atoms with Gasteiger partial charge in [-0.3, -0.25) is 10.2 Å². The predicted octanol–water partition coefficient (Wildman–Crippen LogP) is 1.87. The van der Waals surface area contributed by atoms with E-state index in [1.165, 1.54) is 12.1 Å². The number of hydrazine groups is 1. The molecule has 5 nitrogen and oxygen atoms in total. The van der Waals surface area contributed by atoms with Crippen LogP contribution in [0.5, 0.6) is 0 Å². The van der Waals surface area contributed by atoms with Gasteiger partial charge in [0.25, 0.3) is 11.6 Å². The lowest BCUT2D eigenvalue weighted by atomic mass is 10.1. The Morgan fingerprint density at radius 3 is 2.64 bits per heavy atom. The molecule has 1 fully saturated rings. The van der Waals surface area contributed by atoms with Crippen LogP contribution in [0.25, 0.3) is 0 Å². The molecule has 2 rings (SSSR count). The fraction of sp³-hybridized carbons (Fsp3) is 0.357. The number of rotatable bonds is 2. The van der Waals surface area contributed by atoms with E-state index in [9.17, 15) is 23.1 Å². The summed E-state index contributed by atoms with van der Waals surface area (Å²) in [6.45, 7) is 3.36. The van der Waals surface area contributed by atoms with Crippen molar-refractivity contribution in [2.45, 2.75) is 18.3 Å². The number of carbonyl (C=O) groups excluding carboxylic acids is 1. The van der Waals surface area contributed by atoms with Crippen LogP contribution in [0.4, 0.5) is 18.9 Å². The van der Waals surface area contributed by atoms with E-state index in [0.717, 1.165) is 0 Å². The molecule has 1 atom stereocenters. The quantitative estimate of drug-likeness (QED) is 0.875. The average molecular weight is 315 g/mol. The molecule has 1 heterocycles. The Balaban J connectivity index is 2.39. The molecule has 1 unspecified atom stereocenters. The summed E-state index contributed by atoms with van der Waals surface area (Å²) in [7, 11) is 3.48. The third-order valence-corrected chi connectivity index (χ3v) is 3.37. The first-order valence-electron chi connectivity index (χ1n) is 6.42. The van der Waals surface area contributed by atoms with E-state index in [0.29, 0.717) is 5.69 Å². The van der Waals surface area contributed by atoms with E-state index in [4.69, 9.17) is 0 Å². The van der Waals surface area contributed by atoms with Crippen molar-refractivity contribution in [3.05, 3.63) is 42.1 Å². The van der Waals surface area contributed by atoms with Crippen LogP contribution in [0.2, 0.25) is 0 Å². The number of hydrogen-bond acceptors (Lipinski definition) is 4. The summed E-state index contributed by atoms with van der Waals surface area (Å²) in [5, 5.41) is 10.1. The van der Waals surface area contributed by atoms with Gasteiger partial charge in [-0.15, -0.1) is 0 Å². The molecule has 1 amide bonds. The number of benzene rings is 1. The van der Waals surface area contributed by atoms with Crippen LogP contribution in [0, 0.1) is 0 Å². The smallest absolute Gasteiger partial charge is 0.378 e. The highest BCUT2D eigenvalue weighted by atomic mass is 19.4. The number of amides is 1. The number of halogens is 3. The predicted molar refractivity (Wildman–Crippen MR) is 74.8 cm³/mol. The lowest BCUT2D eigenvalue weighted by Crippen LogP contribution is -2.59. The van der Waals surface area contributed by atoms with Crippen LogP contribution in [-0.4, -0.2) is 42.0 Å². The summed E-state index contributed by atoms with van der Waals surface area (Å²) in [5.74, 6) is -0.984. The van der Waals surface area contributed by atoms with Gasteiger partial charge in [0, 0.05) is 37.5 Å². The number of nitrogens with one attached hydrogen (secondary N) is 1. The highest BCUT2D eigenvalue weighted by molar-refractivity contribution is 5.95. The second-order valence-corrected chi connectivity index (χ2v) is 5.29. The standard InChI is InChI=1S/C14H16F3N3O2/c1-9-8-13(22,14(15,16)17)20(18-9)12(21)10-5-4-6-11(7-10)19(2)3/h4-7,18,22H,1,8H2,2-3H3. The molecule has 0 bridgehead atoms. The van der Waals surface area contributed by atoms with Gasteiger partial charge in [-0.05, 0) is 18.2 Å². The third kappa shape index (κ3) is 2.61. The molecule has 22 heavy (non-hydrogen) atoms. The van der Waals surface area contributed by atoms with Gasteiger partial charge in [0.1, 0.15) is 0 Å². The fourth-order valence-electron chi connectivity index (χ4n) is 2.16. The SMILES string of the molecule is C=C1CC(O)(C(F)(F)F)N(C(=O)c2cccc(N(C)C)c2)N1. The zero-order valence-electron chi connectivity index (χ0n) is 12.1. The van der Waals surface area contributed by atoms with Crippen molar-refractivity contribution < 1.29 is 23.1 Å². The minimum absolute atomic E-state index is 0.0241. The minimum atomic E-state index is -5.01. The van der Waals surface area contributed by atoms with Crippen molar-refractivity contribution in [2.75, 3.05) is 19.0 Å². The zero-order chi connectivity index (χ0) is 16.7. The van der Waals surface area contributed by atoms with Crippen LogP contribution in [-0.2, 0) is 0 Å². The molecule has 0 spiro atoms. The molecule has 0 saturated carbocycles. The molecule has 0 aliphatic carbocycles. The summed E-state index contributed by atoms with van der Waals surface area (Å²) in [5.41, 5.74) is -0.516. The molecule has 2 N–H and O–H groups in total. The van der Waals surface area contributed by atoms with Gasteiger partial charge in [-0.2, -0.15) is 13.2 Å². The zero-order valence-corrected chi connectivity index (χ0v) is 12.1. The molecule has 0 radical (unpaired) electrons. The Morgan fingerprint density at radius 1 is 1.45 bits per heavy atom. The van der Waals surface area contributed by atoms with Gasteiger partial charge in [0.15, 0.2) is 0 Å². The third-order valence-electron chi connectivity index (χ3n) is 3.37. The molecule has 120 valence electrons. The maximum absolute atomic E-state index is 13.1. The Morgan fingerprint density at radius 2 is 2.09 bits per heavy atom. The first kappa shape index (κ1) is 16.2. The summed E-state index contributed by atoms with van der Waals surface area (Å²) in [6.07, 6.45) is -5.82. The van der Waals surface area contributed by atoms with E-state index in [-0.39, 0.29) is 16.3 Å². The molecule has 0 aromatic heterocycles. The van der Waals surface area contributed by atoms with Crippen molar-refractivity contribution in [1.29, 1.82) is 0 Å². The van der Waals surface area contributed by atoms with E-state index >= 15 is 0 Å². The minimum Gasteiger partial charge on any atom is -0.378 e. The molecule has 1 aliphatic rings. The molecule has 1 aliphatic heterocycles. The molecule has 8 heteroatoms. The number of nitrogens with zero attached hydrogens (tertiary/aromatic N) is 2. The van der Waals surface area contributed by atoms with Crippen molar-refractivity contribution in [1.82, 2.24) is 10.4 Å². The Bertz CT molecular complexity index is 616. The molecule has 1 aromatic rings. The van der Waals surface area contributed by atoms with Gasteiger partial charge in [-0.1, -0.05) is 12.6 Å². The topological polar surface area (TPSA) is 55.8 Å². The molecule has 1 aromatic carbocycles. The second kappa shape index (κ2) is 5.20. The van der Waals surface area contributed by atoms with Crippen LogP contribution in [0.3, 0.4) is 0 Å². The van der Waals surface area contributed by atoms with Crippen molar-refractivity contribution in [3.8, 4) is 0 Å². The molecular formula is C14H16F3N3O2.